The van der Waals surface area contributed by atoms with Crippen molar-refractivity contribution in [2.45, 2.75) is 44.4 Å². The number of sulfonamides is 1. The number of carbonyl (C=O) groups is 2. The summed E-state index contributed by atoms with van der Waals surface area (Å²) in [5.74, 6) is -0.118. The van der Waals surface area contributed by atoms with E-state index in [4.69, 9.17) is 4.74 Å². The molecule has 8 heteroatoms. The number of anilines is 1. The highest BCUT2D eigenvalue weighted by atomic mass is 32.2. The van der Waals surface area contributed by atoms with Gasteiger partial charge in [-0.05, 0) is 37.0 Å². The summed E-state index contributed by atoms with van der Waals surface area (Å²) in [5, 5.41) is 0. The molecule has 1 saturated heterocycles. The van der Waals surface area contributed by atoms with Crippen LogP contribution in [0.5, 0.6) is 5.75 Å². The minimum absolute atomic E-state index is 0.0811. The van der Waals surface area contributed by atoms with Gasteiger partial charge < -0.3 is 4.74 Å². The fraction of sp³-hybridized carbons (Fsp3) is 0.529. The standard InChI is InChI=1S/C17H24N2O5S/c1-12(2)9-10-18-25(22,23)15-11-13(7-8-14(15)24-3)19-16(20)5-4-6-17(19)21/h7-8,11-12,18H,4-6,9-10H2,1-3H3. The number of amides is 2. The van der Waals surface area contributed by atoms with Gasteiger partial charge in [0.15, 0.2) is 0 Å². The van der Waals surface area contributed by atoms with Gasteiger partial charge in [-0.15, -0.1) is 0 Å². The summed E-state index contributed by atoms with van der Waals surface area (Å²) in [5.41, 5.74) is 0.250. The van der Waals surface area contributed by atoms with Gasteiger partial charge >= 0.3 is 0 Å². The van der Waals surface area contributed by atoms with Crippen molar-refractivity contribution in [3.63, 3.8) is 0 Å². The zero-order valence-electron chi connectivity index (χ0n) is 14.7. The highest BCUT2D eigenvalue weighted by Crippen LogP contribution is 2.31. The second-order valence-electron chi connectivity index (χ2n) is 6.39. The Kier molecular flexibility index (Phi) is 6.18. The average Bonchev–Trinajstić information content (AvgIpc) is 2.54. The summed E-state index contributed by atoms with van der Waals surface area (Å²) in [6.07, 6.45) is 1.76. The molecule has 2 amide bonds. The zero-order valence-corrected chi connectivity index (χ0v) is 15.6. The van der Waals surface area contributed by atoms with E-state index in [1.165, 1.54) is 25.3 Å². The number of rotatable bonds is 7. The lowest BCUT2D eigenvalue weighted by atomic mass is 10.1. The number of benzene rings is 1. The fourth-order valence-electron chi connectivity index (χ4n) is 2.62. The van der Waals surface area contributed by atoms with E-state index in [2.05, 4.69) is 4.72 Å². The van der Waals surface area contributed by atoms with Crippen molar-refractivity contribution < 1.29 is 22.7 Å². The number of carbonyl (C=O) groups excluding carboxylic acids is 2. The maximum absolute atomic E-state index is 12.6. The number of hydrogen-bond donors (Lipinski definition) is 1. The first-order chi connectivity index (χ1) is 11.8. The van der Waals surface area contributed by atoms with Gasteiger partial charge in [0, 0.05) is 19.4 Å². The van der Waals surface area contributed by atoms with Gasteiger partial charge in [0.25, 0.3) is 0 Å². The summed E-state index contributed by atoms with van der Waals surface area (Å²) >= 11 is 0. The lowest BCUT2D eigenvalue weighted by Crippen LogP contribution is -2.40. The van der Waals surface area contributed by atoms with E-state index in [0.717, 1.165) is 4.90 Å². The molecule has 1 aliphatic heterocycles. The van der Waals surface area contributed by atoms with E-state index in [1.54, 1.807) is 0 Å². The average molecular weight is 368 g/mol. The molecule has 0 spiro atoms. The molecule has 25 heavy (non-hydrogen) atoms. The molecule has 1 N–H and O–H groups in total. The molecule has 2 rings (SSSR count). The number of ether oxygens (including phenoxy) is 1. The maximum Gasteiger partial charge on any atom is 0.244 e. The summed E-state index contributed by atoms with van der Waals surface area (Å²) in [6, 6.07) is 4.30. The summed E-state index contributed by atoms with van der Waals surface area (Å²) in [7, 11) is -2.44. The molecule has 1 heterocycles. The van der Waals surface area contributed by atoms with Crippen molar-refractivity contribution in [1.82, 2.24) is 4.72 Å². The van der Waals surface area contributed by atoms with Gasteiger partial charge in [0.2, 0.25) is 21.8 Å². The van der Waals surface area contributed by atoms with E-state index < -0.39 is 10.0 Å². The van der Waals surface area contributed by atoms with Crippen LogP contribution >= 0.6 is 0 Å². The van der Waals surface area contributed by atoms with Crippen molar-refractivity contribution in [1.29, 1.82) is 0 Å². The molecule has 0 unspecified atom stereocenters. The first-order valence-electron chi connectivity index (χ1n) is 8.29. The third-order valence-electron chi connectivity index (χ3n) is 3.99. The minimum Gasteiger partial charge on any atom is -0.495 e. The molecule has 0 bridgehead atoms. The lowest BCUT2D eigenvalue weighted by molar-refractivity contribution is -0.129. The number of methoxy groups -OCH3 is 1. The van der Waals surface area contributed by atoms with Crippen LogP contribution in [0.1, 0.15) is 39.5 Å². The molecule has 0 aromatic heterocycles. The molecule has 7 nitrogen and oxygen atoms in total. The maximum atomic E-state index is 12.6. The van der Waals surface area contributed by atoms with Crippen molar-refractivity contribution in [2.24, 2.45) is 5.92 Å². The van der Waals surface area contributed by atoms with Crippen molar-refractivity contribution in [3.8, 4) is 5.75 Å². The van der Waals surface area contributed by atoms with E-state index >= 15 is 0 Å². The van der Waals surface area contributed by atoms with E-state index in [9.17, 15) is 18.0 Å². The Labute approximate surface area is 148 Å². The zero-order chi connectivity index (χ0) is 18.6. The highest BCUT2D eigenvalue weighted by molar-refractivity contribution is 7.89. The Morgan fingerprint density at radius 2 is 1.84 bits per heavy atom. The van der Waals surface area contributed by atoms with Crippen molar-refractivity contribution in [2.75, 3.05) is 18.6 Å². The minimum atomic E-state index is -3.82. The van der Waals surface area contributed by atoms with Crippen LogP contribution in [0.15, 0.2) is 23.1 Å². The molecule has 0 radical (unpaired) electrons. The predicted molar refractivity (Wildman–Crippen MR) is 94.0 cm³/mol. The molecule has 1 fully saturated rings. The first kappa shape index (κ1) is 19.4. The SMILES string of the molecule is COc1ccc(N2C(=O)CCCC2=O)cc1S(=O)(=O)NCCC(C)C. The van der Waals surface area contributed by atoms with E-state index in [0.29, 0.717) is 25.3 Å². The van der Waals surface area contributed by atoms with Crippen molar-refractivity contribution >= 4 is 27.5 Å². The molecular formula is C17H24N2O5S. The van der Waals surface area contributed by atoms with Crippen LogP contribution in [0.25, 0.3) is 0 Å². The van der Waals surface area contributed by atoms with Crippen LogP contribution in [0.3, 0.4) is 0 Å². The van der Waals surface area contributed by atoms with Crippen LogP contribution in [0, 0.1) is 5.92 Å². The second kappa shape index (κ2) is 7.97. The first-order valence-corrected chi connectivity index (χ1v) is 9.78. The number of imide groups is 1. The topological polar surface area (TPSA) is 92.8 Å². The second-order valence-corrected chi connectivity index (χ2v) is 8.13. The number of hydrogen-bond acceptors (Lipinski definition) is 5. The van der Waals surface area contributed by atoms with Gasteiger partial charge in [-0.25, -0.2) is 13.1 Å². The van der Waals surface area contributed by atoms with E-state index in [-0.39, 0.29) is 41.0 Å². The smallest absolute Gasteiger partial charge is 0.244 e. The van der Waals surface area contributed by atoms with Gasteiger partial charge in [-0.1, -0.05) is 13.8 Å². The molecule has 1 aliphatic rings. The molecule has 1 aromatic carbocycles. The molecule has 0 saturated carbocycles. The molecule has 138 valence electrons. The predicted octanol–water partition coefficient (Wildman–Crippen LogP) is 2.06. The highest BCUT2D eigenvalue weighted by Gasteiger charge is 2.29. The molecule has 0 aliphatic carbocycles. The van der Waals surface area contributed by atoms with Crippen LogP contribution in [0.2, 0.25) is 0 Å². The number of nitrogens with zero attached hydrogens (tertiary/aromatic N) is 1. The largest absolute Gasteiger partial charge is 0.495 e. The Hall–Kier alpha value is -1.93. The number of nitrogens with one attached hydrogen (secondary N) is 1. The normalized spacial score (nSPS) is 15.8. The van der Waals surface area contributed by atoms with Crippen LogP contribution in [-0.4, -0.2) is 33.9 Å². The van der Waals surface area contributed by atoms with Crippen molar-refractivity contribution in [3.05, 3.63) is 18.2 Å². The third kappa shape index (κ3) is 4.58. The van der Waals surface area contributed by atoms with Crippen LogP contribution < -0.4 is 14.4 Å². The molecule has 1 aromatic rings. The van der Waals surface area contributed by atoms with Gasteiger partial charge in [0.05, 0.1) is 12.8 Å². The monoisotopic (exact) mass is 368 g/mol. The summed E-state index contributed by atoms with van der Waals surface area (Å²) in [4.78, 5) is 25.1. The van der Waals surface area contributed by atoms with E-state index in [1.807, 2.05) is 13.8 Å². The Morgan fingerprint density at radius 1 is 1.20 bits per heavy atom. The van der Waals surface area contributed by atoms with Gasteiger partial charge in [-0.2, -0.15) is 0 Å². The lowest BCUT2D eigenvalue weighted by Gasteiger charge is -2.25. The quantitative estimate of drug-likeness (QED) is 0.744. The van der Waals surface area contributed by atoms with Gasteiger partial charge in [0.1, 0.15) is 10.6 Å². The fourth-order valence-corrected chi connectivity index (χ4v) is 3.85. The third-order valence-corrected chi connectivity index (χ3v) is 5.47. The Bertz CT molecular complexity index is 742. The molecule has 0 atom stereocenters. The van der Waals surface area contributed by atoms with Crippen LogP contribution in [0.4, 0.5) is 5.69 Å². The van der Waals surface area contributed by atoms with Crippen LogP contribution in [-0.2, 0) is 19.6 Å². The van der Waals surface area contributed by atoms with Gasteiger partial charge in [-0.3, -0.25) is 14.5 Å². The number of piperidine rings is 1. The Morgan fingerprint density at radius 3 is 2.40 bits per heavy atom. The summed E-state index contributed by atoms with van der Waals surface area (Å²) in [6.45, 7) is 4.31. The summed E-state index contributed by atoms with van der Waals surface area (Å²) < 4.78 is 32.9. The Balaban J connectivity index is 2.36. The molecular weight excluding hydrogens is 344 g/mol.